The summed E-state index contributed by atoms with van der Waals surface area (Å²) in [7, 11) is 0. The van der Waals surface area contributed by atoms with E-state index in [-0.39, 0.29) is 30.3 Å². The molecule has 1 aromatic rings. The van der Waals surface area contributed by atoms with Crippen LogP contribution >= 0.6 is 15.9 Å². The fraction of sp³-hybridized carbons (Fsp3) is 0.529. The number of hydrogen-bond acceptors (Lipinski definition) is 4. The van der Waals surface area contributed by atoms with Crippen LogP contribution in [0.4, 0.5) is 0 Å². The minimum Gasteiger partial charge on any atom is -0.486 e. The lowest BCUT2D eigenvalue weighted by atomic mass is 10.1. The summed E-state index contributed by atoms with van der Waals surface area (Å²) in [6, 6.07) is 3.47. The van der Waals surface area contributed by atoms with E-state index in [1.165, 1.54) is 0 Å². The molecule has 6 nitrogen and oxygen atoms in total. The third-order valence-electron chi connectivity index (χ3n) is 3.99. The van der Waals surface area contributed by atoms with Gasteiger partial charge in [-0.2, -0.15) is 0 Å². The lowest BCUT2D eigenvalue weighted by molar-refractivity contribution is -0.128. The minimum absolute atomic E-state index is 0.0321. The largest absolute Gasteiger partial charge is 0.486 e. The smallest absolute Gasteiger partial charge is 0.239 e. The van der Waals surface area contributed by atoms with Crippen LogP contribution in [0.1, 0.15) is 38.8 Å². The molecule has 1 aliphatic heterocycles. The topological polar surface area (TPSA) is 76.7 Å². The van der Waals surface area contributed by atoms with Gasteiger partial charge in [-0.25, -0.2) is 0 Å². The molecular weight excluding hydrogens is 376 g/mol. The molecule has 1 aromatic carbocycles. The summed E-state index contributed by atoms with van der Waals surface area (Å²) in [4.78, 5) is 23.8. The molecule has 2 unspecified atom stereocenters. The number of rotatable bonds is 6. The Hall–Kier alpha value is -1.76. The predicted octanol–water partition coefficient (Wildman–Crippen LogP) is 2.56. The number of nitrogens with one attached hydrogen (secondary N) is 2. The molecule has 2 amide bonds. The van der Waals surface area contributed by atoms with Crippen molar-refractivity contribution in [3.63, 3.8) is 0 Å². The standard InChI is InChI=1S/C17H23BrN2O4/c1-4-10(2)17(22)19-9-16(21)20-11(3)12-7-14-15(8-13(12)18)24-6-5-23-14/h7-8,10-11H,4-6,9H2,1-3H3,(H,19,22)(H,20,21). The molecule has 0 saturated carbocycles. The van der Waals surface area contributed by atoms with Crippen LogP contribution in [0.2, 0.25) is 0 Å². The van der Waals surface area contributed by atoms with E-state index in [4.69, 9.17) is 9.47 Å². The number of benzene rings is 1. The molecule has 0 radical (unpaired) electrons. The number of carbonyl (C=O) groups excluding carboxylic acids is 2. The maximum atomic E-state index is 12.0. The summed E-state index contributed by atoms with van der Waals surface area (Å²) < 4.78 is 11.9. The minimum atomic E-state index is -0.235. The van der Waals surface area contributed by atoms with Gasteiger partial charge < -0.3 is 20.1 Å². The van der Waals surface area contributed by atoms with Crippen LogP contribution in [0.15, 0.2) is 16.6 Å². The zero-order valence-corrected chi connectivity index (χ0v) is 15.7. The number of fused-ring (bicyclic) bond motifs is 1. The summed E-state index contributed by atoms with van der Waals surface area (Å²) in [6.45, 7) is 6.66. The Morgan fingerprint density at radius 1 is 1.21 bits per heavy atom. The van der Waals surface area contributed by atoms with Gasteiger partial charge in [0, 0.05) is 10.4 Å². The van der Waals surface area contributed by atoms with Crippen molar-refractivity contribution < 1.29 is 19.1 Å². The number of carbonyl (C=O) groups is 2. The van der Waals surface area contributed by atoms with Crippen molar-refractivity contribution in [3.8, 4) is 11.5 Å². The Morgan fingerprint density at radius 2 is 1.83 bits per heavy atom. The van der Waals surface area contributed by atoms with Crippen LogP contribution in [0.3, 0.4) is 0 Å². The van der Waals surface area contributed by atoms with Crippen molar-refractivity contribution in [2.45, 2.75) is 33.2 Å². The second-order valence-electron chi connectivity index (χ2n) is 5.83. The molecule has 1 aliphatic rings. The highest BCUT2D eigenvalue weighted by Crippen LogP contribution is 2.37. The molecule has 24 heavy (non-hydrogen) atoms. The van der Waals surface area contributed by atoms with Gasteiger partial charge in [-0.3, -0.25) is 9.59 Å². The first kappa shape index (κ1) is 18.6. The first-order valence-electron chi connectivity index (χ1n) is 8.08. The number of halogens is 1. The van der Waals surface area contributed by atoms with Gasteiger partial charge in [0.05, 0.1) is 12.6 Å². The van der Waals surface area contributed by atoms with Gasteiger partial charge in [-0.15, -0.1) is 0 Å². The average molecular weight is 399 g/mol. The third-order valence-corrected chi connectivity index (χ3v) is 4.68. The Labute approximate surface area is 150 Å². The highest BCUT2D eigenvalue weighted by molar-refractivity contribution is 9.10. The van der Waals surface area contributed by atoms with E-state index in [2.05, 4.69) is 26.6 Å². The number of hydrogen-bond donors (Lipinski definition) is 2. The van der Waals surface area contributed by atoms with E-state index in [9.17, 15) is 9.59 Å². The molecular formula is C17H23BrN2O4. The summed E-state index contributed by atoms with van der Waals surface area (Å²) in [6.07, 6.45) is 0.744. The fourth-order valence-corrected chi connectivity index (χ4v) is 2.97. The van der Waals surface area contributed by atoms with E-state index in [0.29, 0.717) is 24.7 Å². The second kappa shape index (κ2) is 8.37. The Bertz CT molecular complexity index is 621. The Balaban J connectivity index is 1.95. The molecule has 0 spiro atoms. The fourth-order valence-electron chi connectivity index (χ4n) is 2.31. The number of ether oxygens (including phenoxy) is 2. The maximum Gasteiger partial charge on any atom is 0.239 e. The summed E-state index contributed by atoms with van der Waals surface area (Å²) in [5.41, 5.74) is 0.890. The van der Waals surface area contributed by atoms with Crippen molar-refractivity contribution in [1.82, 2.24) is 10.6 Å². The van der Waals surface area contributed by atoms with E-state index < -0.39 is 0 Å². The third kappa shape index (κ3) is 4.63. The predicted molar refractivity (Wildman–Crippen MR) is 94.2 cm³/mol. The van der Waals surface area contributed by atoms with Gasteiger partial charge in [0.1, 0.15) is 13.2 Å². The van der Waals surface area contributed by atoms with Crippen molar-refractivity contribution in [3.05, 3.63) is 22.2 Å². The normalized spacial score (nSPS) is 15.3. The molecule has 0 bridgehead atoms. The summed E-state index contributed by atoms with van der Waals surface area (Å²) in [5.74, 6) is 0.922. The molecule has 0 saturated heterocycles. The van der Waals surface area contributed by atoms with Crippen molar-refractivity contribution in [1.29, 1.82) is 0 Å². The van der Waals surface area contributed by atoms with Crippen LogP contribution in [0.25, 0.3) is 0 Å². The number of amides is 2. The van der Waals surface area contributed by atoms with Gasteiger partial charge >= 0.3 is 0 Å². The van der Waals surface area contributed by atoms with E-state index in [1.807, 2.05) is 32.9 Å². The SMILES string of the molecule is CCC(C)C(=O)NCC(=O)NC(C)c1cc2c(cc1Br)OCCO2. The van der Waals surface area contributed by atoms with Gasteiger partial charge in [0.15, 0.2) is 11.5 Å². The zero-order valence-electron chi connectivity index (χ0n) is 14.1. The van der Waals surface area contributed by atoms with Gasteiger partial charge in [0.25, 0.3) is 0 Å². The van der Waals surface area contributed by atoms with Crippen LogP contribution in [0.5, 0.6) is 11.5 Å². The van der Waals surface area contributed by atoms with Crippen LogP contribution in [-0.2, 0) is 9.59 Å². The van der Waals surface area contributed by atoms with Crippen molar-refractivity contribution >= 4 is 27.7 Å². The van der Waals surface area contributed by atoms with Gasteiger partial charge in [-0.05, 0) is 31.0 Å². The molecule has 0 aromatic heterocycles. The van der Waals surface area contributed by atoms with E-state index in [0.717, 1.165) is 16.5 Å². The van der Waals surface area contributed by atoms with E-state index >= 15 is 0 Å². The molecule has 132 valence electrons. The zero-order chi connectivity index (χ0) is 17.7. The molecule has 2 rings (SSSR count). The van der Waals surface area contributed by atoms with Crippen molar-refractivity contribution in [2.75, 3.05) is 19.8 Å². The van der Waals surface area contributed by atoms with E-state index in [1.54, 1.807) is 0 Å². The Morgan fingerprint density at radius 3 is 2.46 bits per heavy atom. The van der Waals surface area contributed by atoms with Crippen molar-refractivity contribution in [2.24, 2.45) is 5.92 Å². The Kier molecular flexibility index (Phi) is 6.48. The second-order valence-corrected chi connectivity index (χ2v) is 6.69. The molecule has 0 fully saturated rings. The van der Waals surface area contributed by atoms with Gasteiger partial charge in [-0.1, -0.05) is 29.8 Å². The lowest BCUT2D eigenvalue weighted by Gasteiger charge is -2.22. The molecule has 2 atom stereocenters. The first-order chi connectivity index (χ1) is 11.4. The monoisotopic (exact) mass is 398 g/mol. The molecule has 2 N–H and O–H groups in total. The maximum absolute atomic E-state index is 12.0. The van der Waals surface area contributed by atoms with Crippen LogP contribution in [-0.4, -0.2) is 31.6 Å². The van der Waals surface area contributed by atoms with Crippen LogP contribution < -0.4 is 20.1 Å². The quantitative estimate of drug-likeness (QED) is 0.771. The molecule has 1 heterocycles. The summed E-state index contributed by atoms with van der Waals surface area (Å²) >= 11 is 3.50. The van der Waals surface area contributed by atoms with Gasteiger partial charge in [0.2, 0.25) is 11.8 Å². The molecule has 7 heteroatoms. The first-order valence-corrected chi connectivity index (χ1v) is 8.87. The molecule has 0 aliphatic carbocycles. The average Bonchev–Trinajstić information content (AvgIpc) is 2.58. The summed E-state index contributed by atoms with van der Waals surface area (Å²) in [5, 5.41) is 5.52. The highest BCUT2D eigenvalue weighted by Gasteiger charge is 2.19. The highest BCUT2D eigenvalue weighted by atomic mass is 79.9. The van der Waals surface area contributed by atoms with Crippen LogP contribution in [0, 0.1) is 5.92 Å². The lowest BCUT2D eigenvalue weighted by Crippen LogP contribution is -2.39.